The second-order valence-electron chi connectivity index (χ2n) is 5.38. The number of ether oxygens (including phenoxy) is 1. The summed E-state index contributed by atoms with van der Waals surface area (Å²) in [5, 5.41) is 0. The smallest absolute Gasteiger partial charge is 0.338 e. The van der Waals surface area contributed by atoms with Gasteiger partial charge >= 0.3 is 5.97 Å². The van der Waals surface area contributed by atoms with E-state index in [-0.39, 0.29) is 24.1 Å². The quantitative estimate of drug-likeness (QED) is 0.802. The number of hydrogen-bond acceptors (Lipinski definition) is 3. The van der Waals surface area contributed by atoms with Crippen LogP contribution < -0.4 is 0 Å². The van der Waals surface area contributed by atoms with E-state index in [1.54, 1.807) is 11.9 Å². The van der Waals surface area contributed by atoms with Crippen molar-refractivity contribution in [2.45, 2.75) is 38.1 Å². The van der Waals surface area contributed by atoms with E-state index in [4.69, 9.17) is 4.74 Å². The van der Waals surface area contributed by atoms with E-state index in [9.17, 15) is 14.0 Å². The van der Waals surface area contributed by atoms with Gasteiger partial charge in [-0.2, -0.15) is 0 Å². The largest absolute Gasteiger partial charge is 0.452 e. The fourth-order valence-corrected chi connectivity index (χ4v) is 2.60. The summed E-state index contributed by atoms with van der Waals surface area (Å²) in [5.74, 6) is -1.40. The molecule has 1 aliphatic carbocycles. The van der Waals surface area contributed by atoms with Gasteiger partial charge in [-0.25, -0.2) is 9.18 Å². The average molecular weight is 293 g/mol. The van der Waals surface area contributed by atoms with E-state index in [2.05, 4.69) is 0 Å². The van der Waals surface area contributed by atoms with Gasteiger partial charge in [0.25, 0.3) is 5.91 Å². The molecule has 1 amide bonds. The Bertz CT molecular complexity index is 512. The predicted molar refractivity (Wildman–Crippen MR) is 76.3 cm³/mol. The van der Waals surface area contributed by atoms with Crippen LogP contribution in [0.2, 0.25) is 0 Å². The van der Waals surface area contributed by atoms with Crippen LogP contribution in [0.15, 0.2) is 24.3 Å². The van der Waals surface area contributed by atoms with Crippen LogP contribution in [0.1, 0.15) is 42.5 Å². The van der Waals surface area contributed by atoms with E-state index >= 15 is 0 Å². The zero-order valence-corrected chi connectivity index (χ0v) is 12.2. The molecule has 0 radical (unpaired) electrons. The molecule has 0 unspecified atom stereocenters. The first-order chi connectivity index (χ1) is 10.1. The molecule has 21 heavy (non-hydrogen) atoms. The number of hydrogen-bond donors (Lipinski definition) is 0. The van der Waals surface area contributed by atoms with Crippen LogP contribution in [0.3, 0.4) is 0 Å². The third-order valence-corrected chi connectivity index (χ3v) is 3.90. The number of carbonyl (C=O) groups is 2. The second-order valence-corrected chi connectivity index (χ2v) is 5.38. The summed E-state index contributed by atoms with van der Waals surface area (Å²) in [6.07, 6.45) is 5.48. The highest BCUT2D eigenvalue weighted by Gasteiger charge is 2.23. The molecule has 0 heterocycles. The van der Waals surface area contributed by atoms with Crippen LogP contribution in [0, 0.1) is 5.82 Å². The minimum absolute atomic E-state index is 0.114. The van der Waals surface area contributed by atoms with Crippen LogP contribution in [0.5, 0.6) is 0 Å². The lowest BCUT2D eigenvalue weighted by Crippen LogP contribution is -2.40. The van der Waals surface area contributed by atoms with Crippen molar-refractivity contribution in [1.29, 1.82) is 0 Å². The number of nitrogens with zero attached hydrogens (tertiary/aromatic N) is 1. The van der Waals surface area contributed by atoms with Gasteiger partial charge in [0.05, 0.1) is 5.56 Å². The summed E-state index contributed by atoms with van der Waals surface area (Å²) in [7, 11) is 1.74. The number of benzene rings is 1. The van der Waals surface area contributed by atoms with Crippen LogP contribution in [0.25, 0.3) is 0 Å². The van der Waals surface area contributed by atoms with Crippen molar-refractivity contribution < 1.29 is 18.7 Å². The minimum atomic E-state index is -0.681. The molecule has 2 rings (SSSR count). The Labute approximate surface area is 123 Å². The van der Waals surface area contributed by atoms with Crippen molar-refractivity contribution in [2.75, 3.05) is 13.7 Å². The van der Waals surface area contributed by atoms with E-state index in [0.29, 0.717) is 0 Å². The molecule has 0 spiro atoms. The van der Waals surface area contributed by atoms with Crippen molar-refractivity contribution >= 4 is 11.9 Å². The first kappa shape index (κ1) is 15.5. The molecule has 0 bridgehead atoms. The van der Waals surface area contributed by atoms with Gasteiger partial charge in [-0.1, -0.05) is 25.3 Å². The number of esters is 1. The summed E-state index contributed by atoms with van der Waals surface area (Å²) < 4.78 is 18.0. The lowest BCUT2D eigenvalue weighted by molar-refractivity contribution is -0.135. The summed E-state index contributed by atoms with van der Waals surface area (Å²) in [4.78, 5) is 25.4. The van der Waals surface area contributed by atoms with Gasteiger partial charge in [-0.3, -0.25) is 4.79 Å². The Morgan fingerprint density at radius 2 is 2.00 bits per heavy atom. The van der Waals surface area contributed by atoms with E-state index < -0.39 is 11.8 Å². The maximum atomic E-state index is 13.0. The monoisotopic (exact) mass is 293 g/mol. The maximum Gasteiger partial charge on any atom is 0.338 e. The normalized spacial score (nSPS) is 15.5. The summed E-state index contributed by atoms with van der Waals surface area (Å²) in [6, 6.07) is 5.47. The predicted octanol–water partition coefficient (Wildman–Crippen LogP) is 2.77. The molecule has 0 aromatic heterocycles. The lowest BCUT2D eigenvalue weighted by Gasteiger charge is -2.31. The van der Waals surface area contributed by atoms with Crippen LogP contribution in [-0.4, -0.2) is 36.5 Å². The molecule has 1 aromatic carbocycles. The second kappa shape index (κ2) is 7.20. The molecule has 0 atom stereocenters. The van der Waals surface area contributed by atoms with Crippen molar-refractivity contribution in [3.63, 3.8) is 0 Å². The summed E-state index contributed by atoms with van der Waals surface area (Å²) in [6.45, 7) is -0.303. The Morgan fingerprint density at radius 3 is 2.67 bits per heavy atom. The van der Waals surface area contributed by atoms with E-state index in [0.717, 1.165) is 31.7 Å². The highest BCUT2D eigenvalue weighted by atomic mass is 19.1. The zero-order valence-electron chi connectivity index (χ0n) is 12.2. The summed E-state index contributed by atoms with van der Waals surface area (Å²) >= 11 is 0. The van der Waals surface area contributed by atoms with Gasteiger partial charge in [-0.15, -0.1) is 0 Å². The average Bonchev–Trinajstić information content (AvgIpc) is 2.52. The molecule has 114 valence electrons. The molecule has 4 nitrogen and oxygen atoms in total. The Morgan fingerprint density at radius 1 is 1.29 bits per heavy atom. The third-order valence-electron chi connectivity index (χ3n) is 3.90. The Kier molecular flexibility index (Phi) is 5.31. The van der Waals surface area contributed by atoms with Crippen LogP contribution in [-0.2, 0) is 9.53 Å². The molecule has 0 saturated heterocycles. The van der Waals surface area contributed by atoms with Gasteiger partial charge in [0.2, 0.25) is 0 Å². The Hall–Kier alpha value is -1.91. The molecule has 1 saturated carbocycles. The van der Waals surface area contributed by atoms with Gasteiger partial charge < -0.3 is 9.64 Å². The van der Waals surface area contributed by atoms with Crippen molar-refractivity contribution in [1.82, 2.24) is 4.90 Å². The molecule has 5 heteroatoms. The number of likely N-dealkylation sites (N-methyl/N-ethyl adjacent to an activating group) is 1. The molecular weight excluding hydrogens is 273 g/mol. The standard InChI is InChI=1S/C16H20FNO3/c1-18(14-8-3-2-4-9-14)15(19)11-21-16(20)12-6-5-7-13(17)10-12/h5-7,10,14H,2-4,8-9,11H2,1H3. The highest BCUT2D eigenvalue weighted by Crippen LogP contribution is 2.21. The van der Waals surface area contributed by atoms with Crippen molar-refractivity contribution in [2.24, 2.45) is 0 Å². The Balaban J connectivity index is 1.84. The van der Waals surface area contributed by atoms with E-state index in [1.165, 1.54) is 24.6 Å². The van der Waals surface area contributed by atoms with Crippen LogP contribution in [0.4, 0.5) is 4.39 Å². The fraction of sp³-hybridized carbons (Fsp3) is 0.500. The molecule has 0 N–H and O–H groups in total. The molecular formula is C16H20FNO3. The molecule has 1 fully saturated rings. The fourth-order valence-electron chi connectivity index (χ4n) is 2.60. The first-order valence-electron chi connectivity index (χ1n) is 7.26. The number of carbonyl (C=O) groups excluding carboxylic acids is 2. The van der Waals surface area contributed by atoms with Gasteiger partial charge in [0, 0.05) is 13.1 Å². The van der Waals surface area contributed by atoms with Gasteiger partial charge in [-0.05, 0) is 31.0 Å². The van der Waals surface area contributed by atoms with Gasteiger partial charge in [0.15, 0.2) is 6.61 Å². The first-order valence-corrected chi connectivity index (χ1v) is 7.26. The van der Waals surface area contributed by atoms with Crippen LogP contribution >= 0.6 is 0 Å². The SMILES string of the molecule is CN(C(=O)COC(=O)c1cccc(F)c1)C1CCCCC1. The molecule has 1 aliphatic rings. The van der Waals surface area contributed by atoms with Gasteiger partial charge in [0.1, 0.15) is 5.82 Å². The van der Waals surface area contributed by atoms with Crippen molar-refractivity contribution in [3.05, 3.63) is 35.6 Å². The lowest BCUT2D eigenvalue weighted by atomic mass is 9.94. The van der Waals surface area contributed by atoms with E-state index in [1.807, 2.05) is 0 Å². The number of halogens is 1. The number of rotatable bonds is 4. The maximum absolute atomic E-state index is 13.0. The molecule has 0 aliphatic heterocycles. The minimum Gasteiger partial charge on any atom is -0.452 e. The molecule has 1 aromatic rings. The third kappa shape index (κ3) is 4.28. The summed E-state index contributed by atoms with van der Waals surface area (Å²) in [5.41, 5.74) is 0.114. The zero-order chi connectivity index (χ0) is 15.2. The highest BCUT2D eigenvalue weighted by molar-refractivity contribution is 5.91. The number of amides is 1. The topological polar surface area (TPSA) is 46.6 Å². The van der Waals surface area contributed by atoms with Crippen molar-refractivity contribution in [3.8, 4) is 0 Å².